The van der Waals surface area contributed by atoms with Crippen LogP contribution < -0.4 is 5.32 Å². The van der Waals surface area contributed by atoms with E-state index in [0.29, 0.717) is 11.3 Å². The summed E-state index contributed by atoms with van der Waals surface area (Å²) in [6.45, 7) is 1.24. The lowest BCUT2D eigenvalue weighted by molar-refractivity contribution is -0.140. The van der Waals surface area contributed by atoms with E-state index in [1.54, 1.807) is 5.94 Å². The van der Waals surface area contributed by atoms with Gasteiger partial charge < -0.3 is 15.2 Å². The maximum absolute atomic E-state index is 11.8. The van der Waals surface area contributed by atoms with Crippen LogP contribution in [0.15, 0.2) is 5.57 Å². The zero-order valence-corrected chi connectivity index (χ0v) is 12.6. The number of hydrogen-bond donors (Lipinski definition) is 2. The first-order valence-corrected chi connectivity index (χ1v) is 7.43. The number of aliphatic carboxylic acids is 1. The Morgan fingerprint density at radius 1 is 1.57 bits per heavy atom. The number of hydrogen-bond acceptors (Lipinski definition) is 6. The van der Waals surface area contributed by atoms with Gasteiger partial charge in [-0.05, 0) is 0 Å². The molecule has 0 radical (unpaired) electrons. The molecule has 1 amide bonds. The smallest absolute Gasteiger partial charge is 0.327 e. The monoisotopic (exact) mass is 315 g/mol. The summed E-state index contributed by atoms with van der Waals surface area (Å²) in [7, 11) is 1.41. The molecule has 7 nitrogen and oxygen atoms in total. The number of carbonyl (C=O) groups excluding carboxylic acids is 3. The third-order valence-corrected chi connectivity index (χ3v) is 4.29. The molecule has 3 unspecified atom stereocenters. The Labute approximate surface area is 126 Å². The average Bonchev–Trinajstić information content (AvgIpc) is 2.72. The van der Waals surface area contributed by atoms with Crippen LogP contribution in [0.3, 0.4) is 0 Å². The number of carboxylic acids is 1. The number of rotatable bonds is 7. The molecule has 0 aliphatic heterocycles. The van der Waals surface area contributed by atoms with Gasteiger partial charge in [-0.1, -0.05) is 0 Å². The van der Waals surface area contributed by atoms with E-state index < -0.39 is 29.9 Å². The molecule has 116 valence electrons. The lowest BCUT2D eigenvalue weighted by atomic mass is 10.1. The van der Waals surface area contributed by atoms with Crippen molar-refractivity contribution in [3.05, 3.63) is 5.57 Å². The number of carbonyl (C=O) groups is 3. The highest BCUT2D eigenvalue weighted by Gasteiger charge is 2.39. The highest BCUT2D eigenvalue weighted by Crippen LogP contribution is 2.31. The van der Waals surface area contributed by atoms with Gasteiger partial charge in [0.1, 0.15) is 17.8 Å². The Kier molecular flexibility index (Phi) is 6.61. The predicted octanol–water partition coefficient (Wildman–Crippen LogP) is -0.329. The summed E-state index contributed by atoms with van der Waals surface area (Å²) in [6.07, 6.45) is -0.562. The summed E-state index contributed by atoms with van der Waals surface area (Å²) < 4.78 is 5.15. The summed E-state index contributed by atoms with van der Waals surface area (Å²) in [4.78, 5) is 44.4. The lowest BCUT2D eigenvalue weighted by Crippen LogP contribution is -2.41. The molecule has 8 heteroatoms. The fraction of sp³-hybridized carbons (Fsp3) is 0.615. The highest BCUT2D eigenvalue weighted by atomic mass is 32.2. The molecular weight excluding hydrogens is 298 g/mol. The summed E-state index contributed by atoms with van der Waals surface area (Å²) in [5, 5.41) is 11.3. The van der Waals surface area contributed by atoms with Gasteiger partial charge in [0.05, 0.1) is 17.6 Å². The van der Waals surface area contributed by atoms with Crippen LogP contribution in [0, 0.1) is 5.92 Å². The van der Waals surface area contributed by atoms with Crippen molar-refractivity contribution in [2.75, 3.05) is 18.6 Å². The van der Waals surface area contributed by atoms with Crippen LogP contribution in [0.1, 0.15) is 13.3 Å². The van der Waals surface area contributed by atoms with Crippen LogP contribution in [-0.2, 0) is 23.9 Å². The van der Waals surface area contributed by atoms with E-state index >= 15 is 0 Å². The number of nitrogens with one attached hydrogen (secondary N) is 1. The summed E-state index contributed by atoms with van der Waals surface area (Å²) in [5.41, 5.74) is 0.296. The Morgan fingerprint density at radius 2 is 2.24 bits per heavy atom. The van der Waals surface area contributed by atoms with Crippen molar-refractivity contribution in [2.45, 2.75) is 25.5 Å². The van der Waals surface area contributed by atoms with Crippen molar-refractivity contribution in [3.63, 3.8) is 0 Å². The van der Waals surface area contributed by atoms with Gasteiger partial charge in [0, 0.05) is 32.0 Å². The molecule has 21 heavy (non-hydrogen) atoms. The fourth-order valence-electron chi connectivity index (χ4n) is 2.15. The SMILES string of the molecule is COC1C(=C=O)CC(=O)C1CSCC(NC(C)=O)C(=O)O. The second-order valence-corrected chi connectivity index (χ2v) is 5.74. The first-order chi connectivity index (χ1) is 9.90. The van der Waals surface area contributed by atoms with E-state index in [9.17, 15) is 19.2 Å². The van der Waals surface area contributed by atoms with Crippen LogP contribution in [0.25, 0.3) is 0 Å². The standard InChI is InChI=1S/C13H17NO6S/c1-7(16)14-10(13(18)19)6-21-5-9-11(17)3-8(4-15)12(9)20-2/h9-10,12H,3,5-6H2,1-2H3,(H,14,16)(H,18,19). The lowest BCUT2D eigenvalue weighted by Gasteiger charge is -2.18. The largest absolute Gasteiger partial charge is 0.480 e. The van der Waals surface area contributed by atoms with Crippen molar-refractivity contribution in [1.29, 1.82) is 0 Å². The number of methoxy groups -OCH3 is 1. The number of amides is 1. The Balaban J connectivity index is 2.57. The van der Waals surface area contributed by atoms with E-state index in [0.717, 1.165) is 0 Å². The molecule has 1 fully saturated rings. The van der Waals surface area contributed by atoms with Crippen LogP contribution in [0.2, 0.25) is 0 Å². The summed E-state index contributed by atoms with van der Waals surface area (Å²) in [6, 6.07) is -1.01. The van der Waals surface area contributed by atoms with Gasteiger partial charge in [-0.25, -0.2) is 9.59 Å². The first kappa shape index (κ1) is 17.4. The molecule has 1 aliphatic rings. The number of thioether (sulfide) groups is 1. The van der Waals surface area contributed by atoms with E-state index in [1.165, 1.54) is 25.8 Å². The first-order valence-electron chi connectivity index (χ1n) is 6.27. The second-order valence-electron chi connectivity index (χ2n) is 4.66. The van der Waals surface area contributed by atoms with Gasteiger partial charge in [0.15, 0.2) is 0 Å². The molecular formula is C13H17NO6S. The topological polar surface area (TPSA) is 110 Å². The van der Waals surface area contributed by atoms with Crippen LogP contribution in [0.5, 0.6) is 0 Å². The van der Waals surface area contributed by atoms with E-state index in [1.807, 2.05) is 0 Å². The molecule has 0 aromatic rings. The molecule has 0 heterocycles. The van der Waals surface area contributed by atoms with E-state index in [-0.39, 0.29) is 18.0 Å². The fourth-order valence-corrected chi connectivity index (χ4v) is 3.36. The molecule has 0 saturated heterocycles. The van der Waals surface area contributed by atoms with Crippen LogP contribution in [0.4, 0.5) is 0 Å². The Hall–Kier alpha value is -1.63. The van der Waals surface area contributed by atoms with Gasteiger partial charge in [0.2, 0.25) is 5.91 Å². The average molecular weight is 315 g/mol. The Bertz CT molecular complexity index is 485. The number of Topliss-reactive ketones (excluding diaryl/α,β-unsaturated/α-hetero) is 1. The third-order valence-electron chi connectivity index (χ3n) is 3.13. The molecule has 1 aliphatic carbocycles. The third kappa shape index (κ3) is 4.70. The van der Waals surface area contributed by atoms with Crippen molar-refractivity contribution >= 4 is 35.4 Å². The second kappa shape index (κ2) is 7.97. The van der Waals surface area contributed by atoms with Crippen molar-refractivity contribution < 1.29 is 29.0 Å². The van der Waals surface area contributed by atoms with Gasteiger partial charge >= 0.3 is 5.97 Å². The molecule has 0 aromatic carbocycles. The van der Waals surface area contributed by atoms with Gasteiger partial charge in [0.25, 0.3) is 0 Å². The quantitative estimate of drug-likeness (QED) is 0.619. The number of ketones is 1. The normalized spacial score (nSPS) is 22.8. The minimum absolute atomic E-state index is 0.0291. The van der Waals surface area contributed by atoms with E-state index in [4.69, 9.17) is 9.84 Å². The van der Waals surface area contributed by atoms with Crippen molar-refractivity contribution in [1.82, 2.24) is 5.32 Å². The molecule has 0 aromatic heterocycles. The maximum Gasteiger partial charge on any atom is 0.327 e. The predicted molar refractivity (Wildman–Crippen MR) is 75.7 cm³/mol. The maximum atomic E-state index is 11.8. The summed E-state index contributed by atoms with van der Waals surface area (Å²) in [5.74, 6) is 0.0318. The minimum Gasteiger partial charge on any atom is -0.480 e. The molecule has 2 N–H and O–H groups in total. The molecule has 3 atom stereocenters. The van der Waals surface area contributed by atoms with Gasteiger partial charge in [-0.2, -0.15) is 11.8 Å². The van der Waals surface area contributed by atoms with Crippen LogP contribution in [-0.4, -0.2) is 59.5 Å². The van der Waals surface area contributed by atoms with Crippen molar-refractivity contribution in [3.8, 4) is 0 Å². The molecule has 0 spiro atoms. The highest BCUT2D eigenvalue weighted by molar-refractivity contribution is 7.99. The molecule has 0 bridgehead atoms. The van der Waals surface area contributed by atoms with Gasteiger partial charge in [-0.15, -0.1) is 0 Å². The zero-order chi connectivity index (χ0) is 16.0. The minimum atomic E-state index is -1.13. The summed E-state index contributed by atoms with van der Waals surface area (Å²) >= 11 is 1.22. The molecule has 1 saturated carbocycles. The van der Waals surface area contributed by atoms with Gasteiger partial charge in [-0.3, -0.25) is 9.59 Å². The van der Waals surface area contributed by atoms with E-state index in [2.05, 4.69) is 5.32 Å². The van der Waals surface area contributed by atoms with Crippen molar-refractivity contribution in [2.24, 2.45) is 5.92 Å². The number of carboxylic acid groups (broad SMARTS) is 1. The number of ether oxygens (including phenoxy) is 1. The Morgan fingerprint density at radius 3 is 2.71 bits per heavy atom. The zero-order valence-electron chi connectivity index (χ0n) is 11.8. The van der Waals surface area contributed by atoms with Crippen LogP contribution >= 0.6 is 11.8 Å². The molecule has 1 rings (SSSR count).